The Kier molecular flexibility index (Phi) is 4.13. The molecular weight excluding hydrogens is 278 g/mol. The molecule has 0 radical (unpaired) electrons. The third-order valence-corrected chi connectivity index (χ3v) is 3.73. The average molecular weight is 297 g/mol. The first-order valence-corrected chi connectivity index (χ1v) is 7.23. The van der Waals surface area contributed by atoms with Crippen molar-refractivity contribution < 1.29 is 14.7 Å². The van der Waals surface area contributed by atoms with Crippen LogP contribution in [0, 0.1) is 0 Å². The molecule has 2 aromatic carbocycles. The average Bonchev–Trinajstić information content (AvgIpc) is 2.71. The fourth-order valence-electron chi connectivity index (χ4n) is 2.53. The lowest BCUT2D eigenvalue weighted by Gasteiger charge is -2.14. The number of hydroxylamine groups is 2. The summed E-state index contributed by atoms with van der Waals surface area (Å²) in [4.78, 5) is 0. The molecule has 0 amide bonds. The van der Waals surface area contributed by atoms with E-state index in [0.29, 0.717) is 6.54 Å². The first-order chi connectivity index (χ1) is 10.7. The van der Waals surface area contributed by atoms with Crippen LogP contribution in [0.25, 0.3) is 12.2 Å². The van der Waals surface area contributed by atoms with Gasteiger partial charge in [0.15, 0.2) is 0 Å². The van der Waals surface area contributed by atoms with Gasteiger partial charge in [-0.05, 0) is 30.2 Å². The van der Waals surface area contributed by atoms with Gasteiger partial charge >= 0.3 is 0 Å². The van der Waals surface area contributed by atoms with Gasteiger partial charge in [0.05, 0.1) is 7.11 Å². The van der Waals surface area contributed by atoms with Crippen LogP contribution in [0.1, 0.15) is 16.7 Å². The summed E-state index contributed by atoms with van der Waals surface area (Å²) in [5.74, 6) is 2.38. The Morgan fingerprint density at radius 3 is 2.77 bits per heavy atom. The topological polar surface area (TPSA) is 41.9 Å². The highest BCUT2D eigenvalue weighted by molar-refractivity contribution is 5.79. The van der Waals surface area contributed by atoms with Crippen LogP contribution in [0.3, 0.4) is 0 Å². The van der Waals surface area contributed by atoms with E-state index in [9.17, 15) is 5.21 Å². The Bertz CT molecular complexity index is 707. The lowest BCUT2D eigenvalue weighted by atomic mass is 10.0. The molecule has 114 valence electrons. The summed E-state index contributed by atoms with van der Waals surface area (Å²) in [6, 6.07) is 11.8. The van der Waals surface area contributed by atoms with Gasteiger partial charge in [-0.15, -0.1) is 0 Å². The van der Waals surface area contributed by atoms with Crippen LogP contribution in [-0.2, 0) is 6.42 Å². The van der Waals surface area contributed by atoms with Crippen molar-refractivity contribution in [3.05, 3.63) is 53.1 Å². The molecule has 1 N–H and O–H groups in total. The third-order valence-electron chi connectivity index (χ3n) is 3.73. The van der Waals surface area contributed by atoms with Crippen molar-refractivity contribution in [1.82, 2.24) is 5.06 Å². The largest absolute Gasteiger partial charge is 0.497 e. The molecule has 0 unspecified atom stereocenters. The van der Waals surface area contributed by atoms with Gasteiger partial charge in [0, 0.05) is 30.8 Å². The van der Waals surface area contributed by atoms with Crippen LogP contribution in [-0.4, -0.2) is 31.0 Å². The minimum atomic E-state index is 0.574. The molecule has 1 aliphatic rings. The summed E-state index contributed by atoms with van der Waals surface area (Å²) >= 11 is 0. The fraction of sp³-hybridized carbons (Fsp3) is 0.222. The highest BCUT2D eigenvalue weighted by Crippen LogP contribution is 2.37. The van der Waals surface area contributed by atoms with Crippen LogP contribution in [0.5, 0.6) is 17.2 Å². The SMILES string of the molecule is COc1ccc2c(c1)Oc1cccc(CCN(C)O)c1C=C2. The minimum absolute atomic E-state index is 0.574. The van der Waals surface area contributed by atoms with E-state index < -0.39 is 0 Å². The summed E-state index contributed by atoms with van der Waals surface area (Å²) in [7, 11) is 3.29. The molecule has 1 heterocycles. The summed E-state index contributed by atoms with van der Waals surface area (Å²) in [5.41, 5.74) is 3.22. The van der Waals surface area contributed by atoms with E-state index in [2.05, 4.69) is 12.1 Å². The number of nitrogens with zero attached hydrogens (tertiary/aromatic N) is 1. The predicted molar refractivity (Wildman–Crippen MR) is 86.6 cm³/mol. The molecule has 0 atom stereocenters. The lowest BCUT2D eigenvalue weighted by molar-refractivity contribution is -0.0634. The fourth-order valence-corrected chi connectivity index (χ4v) is 2.53. The number of fused-ring (bicyclic) bond motifs is 2. The van der Waals surface area contributed by atoms with E-state index in [1.807, 2.05) is 36.4 Å². The molecule has 4 heteroatoms. The minimum Gasteiger partial charge on any atom is -0.497 e. The number of likely N-dealkylation sites (N-methyl/N-ethyl adjacent to an activating group) is 1. The lowest BCUT2D eigenvalue weighted by Crippen LogP contribution is -2.16. The van der Waals surface area contributed by atoms with Crippen LogP contribution in [0.15, 0.2) is 36.4 Å². The molecule has 3 rings (SSSR count). The van der Waals surface area contributed by atoms with Crippen LogP contribution < -0.4 is 9.47 Å². The Hall–Kier alpha value is -2.30. The van der Waals surface area contributed by atoms with Crippen molar-refractivity contribution in [2.24, 2.45) is 0 Å². The Morgan fingerprint density at radius 2 is 2.00 bits per heavy atom. The molecule has 0 aromatic heterocycles. The maximum absolute atomic E-state index is 9.34. The first-order valence-electron chi connectivity index (χ1n) is 7.23. The van der Waals surface area contributed by atoms with E-state index in [-0.39, 0.29) is 0 Å². The van der Waals surface area contributed by atoms with Gasteiger partial charge in [-0.1, -0.05) is 24.3 Å². The zero-order valence-corrected chi connectivity index (χ0v) is 12.7. The molecule has 0 saturated carbocycles. The third kappa shape index (κ3) is 2.98. The molecule has 0 bridgehead atoms. The van der Waals surface area contributed by atoms with E-state index in [1.165, 1.54) is 5.06 Å². The molecule has 2 aromatic rings. The number of rotatable bonds is 4. The number of benzene rings is 2. The molecular formula is C18H19NO3. The summed E-state index contributed by atoms with van der Waals surface area (Å²) in [5, 5.41) is 10.5. The normalized spacial score (nSPS) is 12.4. The van der Waals surface area contributed by atoms with Gasteiger partial charge in [-0.25, -0.2) is 0 Å². The number of hydrogen-bond acceptors (Lipinski definition) is 4. The molecule has 1 aliphatic heterocycles. The molecule has 22 heavy (non-hydrogen) atoms. The van der Waals surface area contributed by atoms with E-state index in [1.54, 1.807) is 14.2 Å². The van der Waals surface area contributed by atoms with Gasteiger partial charge in [0.1, 0.15) is 17.2 Å². The van der Waals surface area contributed by atoms with E-state index >= 15 is 0 Å². The Morgan fingerprint density at radius 1 is 1.14 bits per heavy atom. The second kappa shape index (κ2) is 6.22. The first kappa shape index (κ1) is 14.6. The van der Waals surface area contributed by atoms with Crippen LogP contribution >= 0.6 is 0 Å². The molecule has 0 fully saturated rings. The molecule has 4 nitrogen and oxygen atoms in total. The summed E-state index contributed by atoms with van der Waals surface area (Å²) in [6.45, 7) is 0.574. The van der Waals surface area contributed by atoms with Crippen molar-refractivity contribution in [2.75, 3.05) is 20.7 Å². The van der Waals surface area contributed by atoms with Crippen molar-refractivity contribution >= 4 is 12.2 Å². The second-order valence-electron chi connectivity index (χ2n) is 5.30. The summed E-state index contributed by atoms with van der Waals surface area (Å²) in [6.07, 6.45) is 4.87. The van der Waals surface area contributed by atoms with Gasteiger partial charge < -0.3 is 14.7 Å². The number of hydrogen-bond donors (Lipinski definition) is 1. The van der Waals surface area contributed by atoms with Crippen molar-refractivity contribution in [3.63, 3.8) is 0 Å². The van der Waals surface area contributed by atoms with Gasteiger partial charge in [-0.3, -0.25) is 0 Å². The van der Waals surface area contributed by atoms with Crippen LogP contribution in [0.4, 0.5) is 0 Å². The maximum Gasteiger partial charge on any atom is 0.138 e. The van der Waals surface area contributed by atoms with Crippen molar-refractivity contribution in [2.45, 2.75) is 6.42 Å². The van der Waals surface area contributed by atoms with Gasteiger partial charge in [0.2, 0.25) is 0 Å². The Balaban J connectivity index is 1.97. The zero-order chi connectivity index (χ0) is 15.5. The van der Waals surface area contributed by atoms with Crippen LogP contribution in [0.2, 0.25) is 0 Å². The molecule has 0 saturated heterocycles. The highest BCUT2D eigenvalue weighted by atomic mass is 16.5. The molecule has 0 spiro atoms. The van der Waals surface area contributed by atoms with Crippen molar-refractivity contribution in [1.29, 1.82) is 0 Å². The second-order valence-corrected chi connectivity index (χ2v) is 5.30. The number of ether oxygens (including phenoxy) is 2. The standard InChI is InChI=1S/C18H19NO3/c1-19(20)11-10-13-4-3-5-17-16(13)9-7-14-6-8-15(21-2)12-18(14)22-17/h3-9,12,20H,10-11H2,1-2H3. The van der Waals surface area contributed by atoms with E-state index in [4.69, 9.17) is 9.47 Å². The quantitative estimate of drug-likeness (QED) is 0.743. The highest BCUT2D eigenvalue weighted by Gasteiger charge is 2.14. The van der Waals surface area contributed by atoms with Gasteiger partial charge in [0.25, 0.3) is 0 Å². The Labute approximate surface area is 130 Å². The summed E-state index contributed by atoms with van der Waals surface area (Å²) < 4.78 is 11.3. The zero-order valence-electron chi connectivity index (χ0n) is 12.7. The number of methoxy groups -OCH3 is 1. The molecule has 0 aliphatic carbocycles. The maximum atomic E-state index is 9.34. The van der Waals surface area contributed by atoms with Gasteiger partial charge in [-0.2, -0.15) is 5.06 Å². The smallest absolute Gasteiger partial charge is 0.138 e. The predicted octanol–water partition coefficient (Wildman–Crippen LogP) is 3.83. The monoisotopic (exact) mass is 297 g/mol. The van der Waals surface area contributed by atoms with E-state index in [0.717, 1.165) is 40.4 Å². The van der Waals surface area contributed by atoms with Crippen molar-refractivity contribution in [3.8, 4) is 17.2 Å².